The molecule has 3 rings (SSSR count). The Bertz CT molecular complexity index is 870. The first-order chi connectivity index (χ1) is 12.2. The maximum atomic E-state index is 13.9. The van der Waals surface area contributed by atoms with Crippen LogP contribution in [-0.4, -0.2) is 38.3 Å². The number of benzene rings is 1. The molecule has 3 aromatic rings. The molecule has 0 radical (unpaired) electrons. The summed E-state index contributed by atoms with van der Waals surface area (Å²) in [5, 5.41) is 15.8. The number of hydrogen-bond acceptors (Lipinski definition) is 6. The molecule has 9 nitrogen and oxygen atoms in total. The Morgan fingerprint density at radius 1 is 1.36 bits per heavy atom. The Morgan fingerprint density at radius 2 is 2.24 bits per heavy atom. The van der Waals surface area contributed by atoms with Crippen molar-refractivity contribution in [3.63, 3.8) is 0 Å². The quantitative estimate of drug-likeness (QED) is 0.727. The highest BCUT2D eigenvalue weighted by Gasteiger charge is 2.10. The summed E-state index contributed by atoms with van der Waals surface area (Å²) in [6.45, 7) is 0.178. The number of halogens is 1. The number of aromatic nitrogens is 5. The van der Waals surface area contributed by atoms with Crippen molar-refractivity contribution in [1.29, 1.82) is 0 Å². The fraction of sp³-hybridized carbons (Fsp3) is 0.133. The number of carbonyl (C=O) groups is 1. The predicted octanol–water partition coefficient (Wildman–Crippen LogP) is 1.53. The van der Waals surface area contributed by atoms with E-state index >= 15 is 0 Å². The zero-order chi connectivity index (χ0) is 17.6. The summed E-state index contributed by atoms with van der Waals surface area (Å²) in [6.07, 6.45) is 2.95. The standard InChI is InChI=1S/C15H14FN7O2/c1-25-14-10(3-2-6-17-14)8-18-15(24)20-13-7-11(4-5-12(13)16)23-9-19-21-22-23/h2-7,9H,8H2,1H3,(H2,18,20,24). The number of rotatable bonds is 5. The molecule has 0 spiro atoms. The molecule has 2 aromatic heterocycles. The first kappa shape index (κ1) is 16.3. The van der Waals surface area contributed by atoms with Gasteiger partial charge in [-0.25, -0.2) is 18.9 Å². The molecule has 0 bridgehead atoms. The van der Waals surface area contributed by atoms with Gasteiger partial charge in [-0.2, -0.15) is 0 Å². The number of tetrazole rings is 1. The van der Waals surface area contributed by atoms with Crippen LogP contribution in [0.1, 0.15) is 5.56 Å². The minimum absolute atomic E-state index is 0.00338. The molecule has 0 unspecified atom stereocenters. The zero-order valence-corrected chi connectivity index (χ0v) is 13.2. The molecule has 0 saturated heterocycles. The van der Waals surface area contributed by atoms with E-state index in [0.717, 1.165) is 0 Å². The molecule has 2 amide bonds. The third kappa shape index (κ3) is 3.86. The SMILES string of the molecule is COc1ncccc1CNC(=O)Nc1cc(-n2cnnn2)ccc1F. The van der Waals surface area contributed by atoms with Gasteiger partial charge in [0, 0.05) is 18.3 Å². The lowest BCUT2D eigenvalue weighted by Crippen LogP contribution is -2.28. The maximum Gasteiger partial charge on any atom is 0.319 e. The van der Waals surface area contributed by atoms with E-state index in [9.17, 15) is 9.18 Å². The van der Waals surface area contributed by atoms with Crippen molar-refractivity contribution in [1.82, 2.24) is 30.5 Å². The van der Waals surface area contributed by atoms with Crippen molar-refractivity contribution < 1.29 is 13.9 Å². The molecule has 2 heterocycles. The van der Waals surface area contributed by atoms with Gasteiger partial charge in [0.1, 0.15) is 12.1 Å². The van der Waals surface area contributed by atoms with Gasteiger partial charge in [0.15, 0.2) is 0 Å². The smallest absolute Gasteiger partial charge is 0.319 e. The van der Waals surface area contributed by atoms with Crippen LogP contribution in [0, 0.1) is 5.82 Å². The number of amides is 2. The van der Waals surface area contributed by atoms with E-state index in [1.165, 1.54) is 36.3 Å². The van der Waals surface area contributed by atoms with Crippen LogP contribution in [0.4, 0.5) is 14.9 Å². The van der Waals surface area contributed by atoms with E-state index in [-0.39, 0.29) is 12.2 Å². The summed E-state index contributed by atoms with van der Waals surface area (Å²) in [5.74, 6) is -0.166. The van der Waals surface area contributed by atoms with Crippen molar-refractivity contribution >= 4 is 11.7 Å². The highest BCUT2D eigenvalue weighted by molar-refractivity contribution is 5.89. The fourth-order valence-corrected chi connectivity index (χ4v) is 2.12. The monoisotopic (exact) mass is 343 g/mol. The average Bonchev–Trinajstić information content (AvgIpc) is 3.16. The average molecular weight is 343 g/mol. The lowest BCUT2D eigenvalue weighted by molar-refractivity contribution is 0.251. The lowest BCUT2D eigenvalue weighted by Gasteiger charge is -2.11. The second kappa shape index (κ2) is 7.34. The Morgan fingerprint density at radius 3 is 3.00 bits per heavy atom. The summed E-state index contributed by atoms with van der Waals surface area (Å²) in [6, 6.07) is 7.07. The molecule has 10 heteroatoms. The first-order valence-electron chi connectivity index (χ1n) is 7.23. The van der Waals surface area contributed by atoms with Gasteiger partial charge in [-0.1, -0.05) is 6.07 Å². The fourth-order valence-electron chi connectivity index (χ4n) is 2.12. The molecule has 25 heavy (non-hydrogen) atoms. The van der Waals surface area contributed by atoms with E-state index in [4.69, 9.17) is 4.74 Å². The van der Waals surface area contributed by atoms with Gasteiger partial charge in [-0.05, 0) is 34.7 Å². The topological polar surface area (TPSA) is 107 Å². The normalized spacial score (nSPS) is 10.3. The predicted molar refractivity (Wildman–Crippen MR) is 85.8 cm³/mol. The summed E-state index contributed by atoms with van der Waals surface area (Å²) >= 11 is 0. The Labute approximate surface area is 141 Å². The third-order valence-electron chi connectivity index (χ3n) is 3.29. The van der Waals surface area contributed by atoms with Gasteiger partial charge in [0.2, 0.25) is 5.88 Å². The molecule has 0 aliphatic rings. The van der Waals surface area contributed by atoms with Crippen LogP contribution in [0.2, 0.25) is 0 Å². The molecule has 2 N–H and O–H groups in total. The van der Waals surface area contributed by atoms with Crippen LogP contribution in [-0.2, 0) is 6.54 Å². The molecule has 0 saturated carbocycles. The van der Waals surface area contributed by atoms with E-state index < -0.39 is 11.8 Å². The molecule has 0 aliphatic heterocycles. The molecular weight excluding hydrogens is 329 g/mol. The highest BCUT2D eigenvalue weighted by Crippen LogP contribution is 2.18. The van der Waals surface area contributed by atoms with Crippen molar-refractivity contribution in [2.75, 3.05) is 12.4 Å². The van der Waals surface area contributed by atoms with Gasteiger partial charge in [-0.15, -0.1) is 5.10 Å². The van der Waals surface area contributed by atoms with Crippen molar-refractivity contribution in [3.8, 4) is 11.6 Å². The molecule has 128 valence electrons. The number of nitrogens with one attached hydrogen (secondary N) is 2. The number of anilines is 1. The summed E-state index contributed by atoms with van der Waals surface area (Å²) in [5.41, 5.74) is 1.21. The van der Waals surface area contributed by atoms with Crippen LogP contribution in [0.3, 0.4) is 0 Å². The van der Waals surface area contributed by atoms with Gasteiger partial charge in [-0.3, -0.25) is 0 Å². The number of carbonyl (C=O) groups excluding carboxylic acids is 1. The third-order valence-corrected chi connectivity index (χ3v) is 3.29. The Balaban J connectivity index is 1.67. The van der Waals surface area contributed by atoms with Crippen molar-refractivity contribution in [3.05, 3.63) is 54.2 Å². The van der Waals surface area contributed by atoms with E-state index in [0.29, 0.717) is 17.1 Å². The highest BCUT2D eigenvalue weighted by atomic mass is 19.1. The van der Waals surface area contributed by atoms with Crippen molar-refractivity contribution in [2.24, 2.45) is 0 Å². The molecular formula is C15H14FN7O2. The number of methoxy groups -OCH3 is 1. The minimum atomic E-state index is -0.578. The van der Waals surface area contributed by atoms with Gasteiger partial charge >= 0.3 is 6.03 Å². The molecule has 0 atom stereocenters. The van der Waals surface area contributed by atoms with Crippen LogP contribution in [0.5, 0.6) is 5.88 Å². The number of nitrogens with zero attached hydrogens (tertiary/aromatic N) is 5. The lowest BCUT2D eigenvalue weighted by atomic mass is 10.2. The molecule has 1 aromatic carbocycles. The second-order valence-corrected chi connectivity index (χ2v) is 4.90. The summed E-state index contributed by atoms with van der Waals surface area (Å²) < 4.78 is 20.4. The van der Waals surface area contributed by atoms with Gasteiger partial charge in [0.25, 0.3) is 0 Å². The van der Waals surface area contributed by atoms with Crippen LogP contribution in [0.25, 0.3) is 5.69 Å². The van der Waals surface area contributed by atoms with Crippen LogP contribution in [0.15, 0.2) is 42.9 Å². The molecule has 0 aliphatic carbocycles. The number of urea groups is 1. The second-order valence-electron chi connectivity index (χ2n) is 4.90. The van der Waals surface area contributed by atoms with Gasteiger partial charge in [0.05, 0.1) is 18.5 Å². The Kier molecular flexibility index (Phi) is 4.79. The number of pyridine rings is 1. The minimum Gasteiger partial charge on any atom is -0.481 e. The van der Waals surface area contributed by atoms with E-state index in [1.54, 1.807) is 18.3 Å². The maximum absolute atomic E-state index is 13.9. The van der Waals surface area contributed by atoms with Crippen LogP contribution >= 0.6 is 0 Å². The summed E-state index contributed by atoms with van der Waals surface area (Å²) in [4.78, 5) is 16.1. The largest absolute Gasteiger partial charge is 0.481 e. The summed E-state index contributed by atoms with van der Waals surface area (Å²) in [7, 11) is 1.49. The Hall–Kier alpha value is -3.56. The van der Waals surface area contributed by atoms with E-state index in [1.807, 2.05) is 0 Å². The molecule has 0 fully saturated rings. The van der Waals surface area contributed by atoms with Crippen LogP contribution < -0.4 is 15.4 Å². The van der Waals surface area contributed by atoms with E-state index in [2.05, 4.69) is 31.1 Å². The first-order valence-corrected chi connectivity index (χ1v) is 7.23. The number of ether oxygens (including phenoxy) is 1. The zero-order valence-electron chi connectivity index (χ0n) is 13.2. The van der Waals surface area contributed by atoms with Gasteiger partial charge < -0.3 is 15.4 Å². The number of hydrogen-bond donors (Lipinski definition) is 2. The van der Waals surface area contributed by atoms with Crippen molar-refractivity contribution in [2.45, 2.75) is 6.54 Å².